The Morgan fingerprint density at radius 2 is 1.23 bits per heavy atom. The van der Waals surface area contributed by atoms with E-state index in [9.17, 15) is 0 Å². The molecule has 0 amide bonds. The van der Waals surface area contributed by atoms with E-state index in [1.807, 2.05) is 23.5 Å². The summed E-state index contributed by atoms with van der Waals surface area (Å²) in [6.45, 7) is 0. The Bertz CT molecular complexity index is 2120. The van der Waals surface area contributed by atoms with Crippen LogP contribution in [0.5, 0.6) is 0 Å². The molecule has 6 aromatic carbocycles. The number of hydrogen-bond acceptors (Lipinski definition) is 3. The molecular formula is C37H22OS2. The van der Waals surface area contributed by atoms with E-state index in [1.54, 1.807) is 0 Å². The number of rotatable bonds is 2. The molecule has 2 aliphatic rings. The zero-order valence-electron chi connectivity index (χ0n) is 21.4. The molecule has 0 fully saturated rings. The van der Waals surface area contributed by atoms with E-state index in [0.717, 1.165) is 11.2 Å². The Morgan fingerprint density at radius 3 is 2.15 bits per heavy atom. The second-order valence-corrected chi connectivity index (χ2v) is 12.6. The SMILES string of the molecule is c1ccc(-c2cccc(C34c5ccccc5Sc5cccc(c53)Sc3c4ccc4c3oc3ccccc34)c2)cc1. The van der Waals surface area contributed by atoms with E-state index in [1.165, 1.54) is 63.7 Å². The highest BCUT2D eigenvalue weighted by Gasteiger charge is 2.50. The van der Waals surface area contributed by atoms with E-state index < -0.39 is 5.41 Å². The highest BCUT2D eigenvalue weighted by molar-refractivity contribution is 8.00. The number of para-hydroxylation sites is 1. The summed E-state index contributed by atoms with van der Waals surface area (Å²) in [5, 5.41) is 2.34. The van der Waals surface area contributed by atoms with Crippen LogP contribution in [0.4, 0.5) is 0 Å². The standard InChI is InChI=1S/C37H22OS2/c1-2-10-23(11-3-1)24-12-8-13-25(22-24)37-28-15-5-7-17-31(28)39-32-18-9-19-33(34(32)37)40-36-29(37)21-20-27-26-14-4-6-16-30(26)38-35(27)36/h1-22H. The quantitative estimate of drug-likeness (QED) is 0.214. The van der Waals surface area contributed by atoms with Crippen molar-refractivity contribution in [1.29, 1.82) is 0 Å². The molecular weight excluding hydrogens is 525 g/mol. The van der Waals surface area contributed by atoms with Crippen molar-refractivity contribution >= 4 is 45.5 Å². The van der Waals surface area contributed by atoms with Crippen molar-refractivity contribution < 1.29 is 4.42 Å². The van der Waals surface area contributed by atoms with Gasteiger partial charge in [0, 0.05) is 25.5 Å². The minimum absolute atomic E-state index is 0.466. The van der Waals surface area contributed by atoms with Gasteiger partial charge in [-0.05, 0) is 63.7 Å². The van der Waals surface area contributed by atoms with E-state index in [-0.39, 0.29) is 0 Å². The summed E-state index contributed by atoms with van der Waals surface area (Å²) in [5.74, 6) is 0. The van der Waals surface area contributed by atoms with Crippen LogP contribution in [0, 0.1) is 0 Å². The molecule has 1 aromatic heterocycles. The van der Waals surface area contributed by atoms with Crippen LogP contribution in [0.2, 0.25) is 0 Å². The predicted molar refractivity (Wildman–Crippen MR) is 166 cm³/mol. The van der Waals surface area contributed by atoms with Gasteiger partial charge < -0.3 is 4.42 Å². The van der Waals surface area contributed by atoms with Crippen LogP contribution in [0.25, 0.3) is 33.1 Å². The molecule has 1 nitrogen and oxygen atoms in total. The average Bonchev–Trinajstić information content (AvgIpc) is 3.41. The fourth-order valence-corrected chi connectivity index (χ4v) is 9.34. The van der Waals surface area contributed by atoms with Crippen molar-refractivity contribution in [2.45, 2.75) is 25.0 Å². The molecule has 2 aliphatic heterocycles. The fraction of sp³-hybridized carbons (Fsp3) is 0.0270. The zero-order chi connectivity index (χ0) is 26.3. The molecule has 0 aliphatic carbocycles. The fourth-order valence-electron chi connectivity index (χ4n) is 6.74. The summed E-state index contributed by atoms with van der Waals surface area (Å²) in [4.78, 5) is 5.14. The molecule has 0 saturated carbocycles. The monoisotopic (exact) mass is 546 g/mol. The lowest BCUT2D eigenvalue weighted by Crippen LogP contribution is -2.36. The van der Waals surface area contributed by atoms with Gasteiger partial charge in [0.2, 0.25) is 0 Å². The Labute approximate surface area is 240 Å². The summed E-state index contributed by atoms with van der Waals surface area (Å²) < 4.78 is 6.64. The topological polar surface area (TPSA) is 13.1 Å². The van der Waals surface area contributed by atoms with Crippen LogP contribution < -0.4 is 0 Å². The van der Waals surface area contributed by atoms with Crippen LogP contribution in [-0.4, -0.2) is 0 Å². The van der Waals surface area contributed by atoms with E-state index >= 15 is 0 Å². The molecule has 40 heavy (non-hydrogen) atoms. The van der Waals surface area contributed by atoms with Crippen LogP contribution in [0.15, 0.2) is 157 Å². The number of furan rings is 1. The van der Waals surface area contributed by atoms with Gasteiger partial charge in [-0.15, -0.1) is 0 Å². The van der Waals surface area contributed by atoms with Crippen LogP contribution >= 0.6 is 23.5 Å². The first-order valence-electron chi connectivity index (χ1n) is 13.5. The molecule has 0 saturated heterocycles. The molecule has 3 heteroatoms. The van der Waals surface area contributed by atoms with E-state index in [4.69, 9.17) is 4.42 Å². The summed E-state index contributed by atoms with van der Waals surface area (Å²) in [6, 6.07) is 48.7. The van der Waals surface area contributed by atoms with Gasteiger partial charge in [0.25, 0.3) is 0 Å². The molecule has 7 aromatic rings. The molecule has 1 unspecified atom stereocenters. The van der Waals surface area contributed by atoms with Crippen molar-refractivity contribution in [3.05, 3.63) is 156 Å². The molecule has 1 atom stereocenters. The van der Waals surface area contributed by atoms with E-state index in [0.29, 0.717) is 0 Å². The number of hydrogen-bond donors (Lipinski definition) is 0. The predicted octanol–water partition coefficient (Wildman–Crippen LogP) is 10.6. The molecule has 188 valence electrons. The summed E-state index contributed by atoms with van der Waals surface area (Å²) in [5.41, 5.74) is 9.21. The highest BCUT2D eigenvalue weighted by Crippen LogP contribution is 2.63. The minimum atomic E-state index is -0.466. The third-order valence-electron chi connectivity index (χ3n) is 8.39. The van der Waals surface area contributed by atoms with Gasteiger partial charge in [-0.25, -0.2) is 0 Å². The Morgan fingerprint density at radius 1 is 0.500 bits per heavy atom. The van der Waals surface area contributed by atoms with Gasteiger partial charge in [-0.2, -0.15) is 0 Å². The lowest BCUT2D eigenvalue weighted by molar-refractivity contribution is 0.635. The molecule has 0 spiro atoms. The van der Waals surface area contributed by atoms with Crippen molar-refractivity contribution in [2.24, 2.45) is 0 Å². The first-order chi connectivity index (χ1) is 19.8. The average molecular weight is 547 g/mol. The minimum Gasteiger partial charge on any atom is -0.455 e. The molecule has 3 heterocycles. The molecule has 0 radical (unpaired) electrons. The number of fused-ring (bicyclic) bond motifs is 8. The third-order valence-corrected chi connectivity index (χ3v) is 10.7. The normalized spacial score (nSPS) is 16.9. The first kappa shape index (κ1) is 22.6. The van der Waals surface area contributed by atoms with Crippen molar-refractivity contribution in [1.82, 2.24) is 0 Å². The lowest BCUT2D eigenvalue weighted by atomic mass is 9.64. The van der Waals surface area contributed by atoms with Crippen LogP contribution in [0.1, 0.15) is 22.3 Å². The second-order valence-electron chi connectivity index (χ2n) is 10.4. The summed E-state index contributed by atoms with van der Waals surface area (Å²) in [6.07, 6.45) is 0. The maximum absolute atomic E-state index is 6.64. The summed E-state index contributed by atoms with van der Waals surface area (Å²) in [7, 11) is 0. The largest absolute Gasteiger partial charge is 0.455 e. The van der Waals surface area contributed by atoms with Crippen LogP contribution in [-0.2, 0) is 5.41 Å². The van der Waals surface area contributed by atoms with Gasteiger partial charge in [0.1, 0.15) is 11.2 Å². The Kier molecular flexibility index (Phi) is 4.75. The lowest BCUT2D eigenvalue weighted by Gasteiger charge is -2.46. The summed E-state index contributed by atoms with van der Waals surface area (Å²) >= 11 is 3.74. The molecule has 9 rings (SSSR count). The Balaban J connectivity index is 1.45. The van der Waals surface area contributed by atoms with Gasteiger partial charge >= 0.3 is 0 Å². The van der Waals surface area contributed by atoms with Crippen LogP contribution in [0.3, 0.4) is 0 Å². The molecule has 0 N–H and O–H groups in total. The van der Waals surface area contributed by atoms with Crippen molar-refractivity contribution in [3.63, 3.8) is 0 Å². The van der Waals surface area contributed by atoms with Gasteiger partial charge in [-0.1, -0.05) is 127 Å². The zero-order valence-corrected chi connectivity index (χ0v) is 23.1. The first-order valence-corrected chi connectivity index (χ1v) is 15.1. The van der Waals surface area contributed by atoms with Gasteiger partial charge in [0.15, 0.2) is 0 Å². The molecule has 0 bridgehead atoms. The Hall–Kier alpha value is -4.18. The van der Waals surface area contributed by atoms with Crippen molar-refractivity contribution in [3.8, 4) is 11.1 Å². The smallest absolute Gasteiger partial charge is 0.149 e. The number of benzene rings is 6. The van der Waals surface area contributed by atoms with Gasteiger partial charge in [0.05, 0.1) is 10.3 Å². The van der Waals surface area contributed by atoms with Crippen molar-refractivity contribution in [2.75, 3.05) is 0 Å². The van der Waals surface area contributed by atoms with E-state index in [2.05, 4.69) is 133 Å². The highest BCUT2D eigenvalue weighted by atomic mass is 32.2. The maximum atomic E-state index is 6.64. The second kappa shape index (κ2) is 8.41. The van der Waals surface area contributed by atoms with Gasteiger partial charge in [-0.3, -0.25) is 0 Å². The maximum Gasteiger partial charge on any atom is 0.149 e. The third kappa shape index (κ3) is 2.97.